The lowest BCUT2D eigenvalue weighted by molar-refractivity contribution is -0.122. The van der Waals surface area contributed by atoms with Gasteiger partial charge in [0.05, 0.1) is 4.90 Å². The van der Waals surface area contributed by atoms with Crippen molar-refractivity contribution in [2.24, 2.45) is 0 Å². The van der Waals surface area contributed by atoms with Gasteiger partial charge >= 0.3 is 0 Å². The number of sulfonamides is 1. The number of H-pyrrole nitrogens is 1. The van der Waals surface area contributed by atoms with Crippen molar-refractivity contribution < 1.29 is 17.9 Å². The third-order valence-electron chi connectivity index (χ3n) is 3.53. The monoisotopic (exact) mass is 413 g/mol. The number of aromatic nitrogens is 3. The number of nitrogens with one attached hydrogen (secondary N) is 3. The number of thioether (sulfide) groups is 1. The van der Waals surface area contributed by atoms with Gasteiger partial charge in [-0.1, -0.05) is 18.7 Å². The van der Waals surface area contributed by atoms with Crippen molar-refractivity contribution in [3.8, 4) is 5.75 Å². The number of carbonyl (C=O) groups is 1. The number of aromatic amines is 1. The quantitative estimate of drug-likeness (QED) is 0.373. The van der Waals surface area contributed by atoms with Gasteiger partial charge in [0.15, 0.2) is 11.8 Å². The van der Waals surface area contributed by atoms with Crippen LogP contribution in [-0.2, 0) is 14.8 Å². The second-order valence-electron chi connectivity index (χ2n) is 5.68. The lowest BCUT2D eigenvalue weighted by atomic mass is 10.3. The fourth-order valence-corrected chi connectivity index (χ4v) is 3.90. The molecule has 2 rings (SSSR count). The van der Waals surface area contributed by atoms with Gasteiger partial charge in [-0.2, -0.15) is 5.10 Å². The van der Waals surface area contributed by atoms with E-state index < -0.39 is 10.0 Å². The summed E-state index contributed by atoms with van der Waals surface area (Å²) >= 11 is 1.45. The molecule has 0 saturated heterocycles. The van der Waals surface area contributed by atoms with Crippen LogP contribution in [0.1, 0.15) is 20.3 Å². The van der Waals surface area contributed by atoms with Gasteiger partial charge in [0, 0.05) is 18.3 Å². The molecule has 1 heterocycles. The highest BCUT2D eigenvalue weighted by molar-refractivity contribution is 7.99. The van der Waals surface area contributed by atoms with Crippen LogP contribution in [0.2, 0.25) is 0 Å². The molecule has 0 aliphatic heterocycles. The van der Waals surface area contributed by atoms with Crippen LogP contribution in [0.15, 0.2) is 40.6 Å². The highest BCUT2D eigenvalue weighted by Gasteiger charge is 2.16. The Balaban J connectivity index is 1.73. The topological polar surface area (TPSA) is 126 Å². The summed E-state index contributed by atoms with van der Waals surface area (Å²) in [6.45, 7) is 4.02. The number of amides is 1. The van der Waals surface area contributed by atoms with Crippen LogP contribution in [0, 0.1) is 0 Å². The smallest absolute Gasteiger partial charge is 0.257 e. The van der Waals surface area contributed by atoms with E-state index in [1.807, 2.05) is 6.92 Å². The molecule has 148 valence electrons. The number of ether oxygens (including phenoxy) is 1. The van der Waals surface area contributed by atoms with Gasteiger partial charge in [-0.25, -0.2) is 18.1 Å². The van der Waals surface area contributed by atoms with Crippen LogP contribution in [0.3, 0.4) is 0 Å². The van der Waals surface area contributed by atoms with Crippen LogP contribution in [0.25, 0.3) is 0 Å². The zero-order valence-corrected chi connectivity index (χ0v) is 16.8. The molecule has 2 aromatic rings. The normalized spacial score (nSPS) is 12.5. The Morgan fingerprint density at radius 1 is 1.33 bits per heavy atom. The Hall–Kier alpha value is -2.11. The minimum Gasteiger partial charge on any atom is -0.484 e. The van der Waals surface area contributed by atoms with Crippen LogP contribution in [0.5, 0.6) is 5.75 Å². The molecule has 1 aromatic heterocycles. The zero-order chi connectivity index (χ0) is 19.7. The van der Waals surface area contributed by atoms with Crippen molar-refractivity contribution in [3.63, 3.8) is 0 Å². The fraction of sp³-hybridized carbons (Fsp3) is 0.438. The van der Waals surface area contributed by atoms with Crippen molar-refractivity contribution in [1.82, 2.24) is 25.2 Å². The number of rotatable bonds is 11. The van der Waals surface area contributed by atoms with E-state index in [9.17, 15) is 13.2 Å². The largest absolute Gasteiger partial charge is 0.484 e. The fourth-order valence-electron chi connectivity index (χ4n) is 1.93. The van der Waals surface area contributed by atoms with Crippen molar-refractivity contribution in [1.29, 1.82) is 0 Å². The van der Waals surface area contributed by atoms with E-state index in [0.29, 0.717) is 29.6 Å². The van der Waals surface area contributed by atoms with Crippen LogP contribution in [0.4, 0.5) is 0 Å². The molecule has 3 N–H and O–H groups in total. The molecular formula is C16H23N5O4S2. The maximum absolute atomic E-state index is 12.2. The van der Waals surface area contributed by atoms with Crippen molar-refractivity contribution >= 4 is 27.7 Å². The van der Waals surface area contributed by atoms with E-state index in [1.54, 1.807) is 6.92 Å². The molecule has 1 aromatic carbocycles. The Labute approximate surface area is 162 Å². The Bertz CT molecular complexity index is 810. The summed E-state index contributed by atoms with van der Waals surface area (Å²) < 4.78 is 32.3. The van der Waals surface area contributed by atoms with Gasteiger partial charge in [-0.3, -0.25) is 9.89 Å². The highest BCUT2D eigenvalue weighted by Crippen LogP contribution is 2.16. The summed E-state index contributed by atoms with van der Waals surface area (Å²) in [4.78, 5) is 15.9. The first kappa shape index (κ1) is 21.2. The van der Waals surface area contributed by atoms with E-state index in [1.165, 1.54) is 42.4 Å². The van der Waals surface area contributed by atoms with E-state index in [2.05, 4.69) is 25.2 Å². The summed E-state index contributed by atoms with van der Waals surface area (Å²) in [7, 11) is -3.55. The van der Waals surface area contributed by atoms with Crippen molar-refractivity contribution in [2.75, 3.05) is 18.9 Å². The standard InChI is InChI=1S/C16H23N5O4S2/c1-3-12(2)21-27(23,24)14-6-4-13(5-7-14)25-10-15(22)17-8-9-26-16-18-11-19-20-16/h4-7,11-12,21H,3,8-10H2,1-2H3,(H,17,22)(H,18,19,20)/t12-/m1/s1. The molecule has 0 spiro atoms. The third-order valence-corrected chi connectivity index (χ3v) is 6.01. The molecular weight excluding hydrogens is 390 g/mol. The minimum atomic E-state index is -3.55. The molecule has 11 heteroatoms. The van der Waals surface area contributed by atoms with E-state index in [0.717, 1.165) is 0 Å². The molecule has 0 aliphatic rings. The first-order valence-corrected chi connectivity index (χ1v) is 10.9. The molecule has 1 atom stereocenters. The van der Waals surface area contributed by atoms with E-state index in [4.69, 9.17) is 4.74 Å². The molecule has 0 bridgehead atoms. The van der Waals surface area contributed by atoms with Crippen LogP contribution < -0.4 is 14.8 Å². The molecule has 0 saturated carbocycles. The molecule has 27 heavy (non-hydrogen) atoms. The maximum atomic E-state index is 12.2. The second kappa shape index (κ2) is 10.3. The lowest BCUT2D eigenvalue weighted by Crippen LogP contribution is -2.32. The summed E-state index contributed by atoms with van der Waals surface area (Å²) in [5.41, 5.74) is 0. The number of nitrogens with zero attached hydrogens (tertiary/aromatic N) is 2. The van der Waals surface area contributed by atoms with Crippen molar-refractivity contribution in [3.05, 3.63) is 30.6 Å². The summed E-state index contributed by atoms with van der Waals surface area (Å²) in [5, 5.41) is 9.87. The van der Waals surface area contributed by atoms with Gasteiger partial charge < -0.3 is 10.1 Å². The summed E-state index contributed by atoms with van der Waals surface area (Å²) in [5.74, 6) is 0.809. The zero-order valence-electron chi connectivity index (χ0n) is 15.1. The highest BCUT2D eigenvalue weighted by atomic mass is 32.2. The first-order chi connectivity index (χ1) is 12.9. The summed E-state index contributed by atoms with van der Waals surface area (Å²) in [6, 6.07) is 5.81. The second-order valence-corrected chi connectivity index (χ2v) is 8.48. The number of hydrogen-bond acceptors (Lipinski definition) is 7. The molecule has 1 amide bonds. The van der Waals surface area contributed by atoms with Gasteiger partial charge in [0.25, 0.3) is 5.91 Å². The van der Waals surface area contributed by atoms with E-state index in [-0.39, 0.29) is 23.5 Å². The van der Waals surface area contributed by atoms with Gasteiger partial charge in [0.2, 0.25) is 10.0 Å². The Kier molecular flexibility index (Phi) is 8.07. The maximum Gasteiger partial charge on any atom is 0.257 e. The van der Waals surface area contributed by atoms with Crippen LogP contribution >= 0.6 is 11.8 Å². The Morgan fingerprint density at radius 3 is 2.70 bits per heavy atom. The molecule has 0 unspecified atom stereocenters. The SMILES string of the molecule is CC[C@@H](C)NS(=O)(=O)c1ccc(OCC(=O)NCCSc2ncn[nH]2)cc1. The third kappa shape index (κ3) is 7.19. The number of hydrogen-bond donors (Lipinski definition) is 3. The number of carbonyl (C=O) groups excluding carboxylic acids is 1. The van der Waals surface area contributed by atoms with Crippen LogP contribution in [-0.4, -0.2) is 54.5 Å². The predicted octanol–water partition coefficient (Wildman–Crippen LogP) is 1.17. The van der Waals surface area contributed by atoms with Crippen molar-refractivity contribution in [2.45, 2.75) is 36.4 Å². The molecule has 9 nitrogen and oxygen atoms in total. The Morgan fingerprint density at radius 2 is 2.07 bits per heavy atom. The average molecular weight is 414 g/mol. The number of benzene rings is 1. The molecule has 0 radical (unpaired) electrons. The minimum absolute atomic E-state index is 0.142. The molecule has 0 fully saturated rings. The van der Waals surface area contributed by atoms with Gasteiger partial charge in [-0.05, 0) is 37.6 Å². The molecule has 0 aliphatic carbocycles. The lowest BCUT2D eigenvalue weighted by Gasteiger charge is -2.12. The first-order valence-electron chi connectivity index (χ1n) is 8.40. The average Bonchev–Trinajstić information content (AvgIpc) is 3.17. The van der Waals surface area contributed by atoms with E-state index >= 15 is 0 Å². The summed E-state index contributed by atoms with van der Waals surface area (Å²) in [6.07, 6.45) is 2.12. The van der Waals surface area contributed by atoms with Gasteiger partial charge in [-0.15, -0.1) is 0 Å². The predicted molar refractivity (Wildman–Crippen MR) is 102 cm³/mol. The van der Waals surface area contributed by atoms with Gasteiger partial charge in [0.1, 0.15) is 12.1 Å².